The molecule has 4 aliphatic carbocycles. The molecule has 0 aromatic carbocycles. The van der Waals surface area contributed by atoms with E-state index in [1.54, 1.807) is 11.3 Å². The number of amides is 1. The van der Waals surface area contributed by atoms with Crippen molar-refractivity contribution in [3.8, 4) is 0 Å². The maximum Gasteiger partial charge on any atom is 0.220 e. The lowest BCUT2D eigenvalue weighted by Gasteiger charge is -2.59. The Bertz CT molecular complexity index is 1070. The van der Waals surface area contributed by atoms with Gasteiger partial charge in [-0.2, -0.15) is 0 Å². The third-order valence-electron chi connectivity index (χ3n) is 11.4. The van der Waals surface area contributed by atoms with Crippen LogP contribution in [0.4, 0.5) is 0 Å². The Morgan fingerprint density at radius 2 is 1.78 bits per heavy atom. The number of ketones is 2. The summed E-state index contributed by atoms with van der Waals surface area (Å²) in [5.74, 6) is 3.30. The number of carbonyl (C=O) groups excluding carboxylic acids is 3. The summed E-state index contributed by atoms with van der Waals surface area (Å²) >= 11 is 5.25. The highest BCUT2D eigenvalue weighted by atomic mass is 79.9. The van der Waals surface area contributed by atoms with Crippen LogP contribution in [0.15, 0.2) is 15.9 Å². The molecule has 4 fully saturated rings. The monoisotopic (exact) mass is 589 g/mol. The molecule has 0 unspecified atom stereocenters. The van der Waals surface area contributed by atoms with Crippen LogP contribution in [0.5, 0.6) is 0 Å². The molecule has 5 rings (SSSR count). The summed E-state index contributed by atoms with van der Waals surface area (Å²) in [6.45, 7) is 11.4. The van der Waals surface area contributed by atoms with Crippen LogP contribution in [-0.2, 0) is 14.4 Å². The average Bonchev–Trinajstić information content (AvgIpc) is 3.41. The number of rotatable bonds is 6. The van der Waals surface area contributed by atoms with Crippen LogP contribution in [-0.4, -0.2) is 17.5 Å². The number of thiophene rings is 1. The first-order chi connectivity index (χ1) is 17.4. The van der Waals surface area contributed by atoms with E-state index >= 15 is 0 Å². The van der Waals surface area contributed by atoms with Crippen molar-refractivity contribution in [2.75, 3.05) is 0 Å². The Morgan fingerprint density at radius 1 is 1.05 bits per heavy atom. The van der Waals surface area contributed by atoms with Crippen molar-refractivity contribution in [2.24, 2.45) is 52.3 Å². The molecule has 6 heteroatoms. The lowest BCUT2D eigenvalue weighted by Crippen LogP contribution is -2.57. The number of Topliss-reactive ketones (excluding diaryl/α,β-unsaturated/α-hetero) is 2. The van der Waals surface area contributed by atoms with E-state index in [9.17, 15) is 14.4 Å². The summed E-state index contributed by atoms with van der Waals surface area (Å²) in [4.78, 5) is 40.3. The summed E-state index contributed by atoms with van der Waals surface area (Å²) < 4.78 is 1.09. The third-order valence-corrected chi connectivity index (χ3v) is 13.1. The zero-order valence-electron chi connectivity index (χ0n) is 23.1. The zero-order valence-corrected chi connectivity index (χ0v) is 25.6. The van der Waals surface area contributed by atoms with Crippen LogP contribution < -0.4 is 5.32 Å². The minimum atomic E-state index is 0.0364. The van der Waals surface area contributed by atoms with Gasteiger partial charge in [-0.1, -0.05) is 34.6 Å². The van der Waals surface area contributed by atoms with Gasteiger partial charge in [0.1, 0.15) is 11.6 Å². The van der Waals surface area contributed by atoms with Crippen LogP contribution >= 0.6 is 27.3 Å². The molecule has 0 aliphatic heterocycles. The fourth-order valence-corrected chi connectivity index (χ4v) is 11.1. The second kappa shape index (κ2) is 10.2. The van der Waals surface area contributed by atoms with Crippen LogP contribution in [0.25, 0.3) is 0 Å². The molecule has 1 aromatic rings. The van der Waals surface area contributed by atoms with Crippen molar-refractivity contribution in [1.29, 1.82) is 0 Å². The summed E-state index contributed by atoms with van der Waals surface area (Å²) in [5, 5.41) is 3.35. The van der Waals surface area contributed by atoms with Gasteiger partial charge in [0.25, 0.3) is 0 Å². The molecule has 0 bridgehead atoms. The highest BCUT2D eigenvalue weighted by Gasteiger charge is 2.63. The normalized spacial score (nSPS) is 39.1. The van der Waals surface area contributed by atoms with Gasteiger partial charge in [0.2, 0.25) is 5.91 Å². The van der Waals surface area contributed by atoms with Gasteiger partial charge < -0.3 is 5.32 Å². The summed E-state index contributed by atoms with van der Waals surface area (Å²) in [6.07, 6.45) is 7.91. The zero-order chi connectivity index (χ0) is 26.7. The van der Waals surface area contributed by atoms with E-state index in [1.807, 2.05) is 0 Å². The molecular weight excluding hydrogens is 546 g/mol. The lowest BCUT2D eigenvalue weighted by molar-refractivity contribution is -0.159. The number of halogens is 1. The predicted octanol–water partition coefficient (Wildman–Crippen LogP) is 7.76. The highest BCUT2D eigenvalue weighted by molar-refractivity contribution is 9.11. The Labute approximate surface area is 235 Å². The molecule has 1 N–H and O–H groups in total. The van der Waals surface area contributed by atoms with E-state index < -0.39 is 0 Å². The quantitative estimate of drug-likeness (QED) is 0.368. The van der Waals surface area contributed by atoms with Gasteiger partial charge in [-0.25, -0.2) is 0 Å². The largest absolute Gasteiger partial charge is 0.348 e. The summed E-state index contributed by atoms with van der Waals surface area (Å²) in [5.41, 5.74) is 0.264. The molecule has 0 saturated heterocycles. The molecule has 0 radical (unpaired) electrons. The van der Waals surface area contributed by atoms with E-state index in [2.05, 4.69) is 68.0 Å². The van der Waals surface area contributed by atoms with Crippen molar-refractivity contribution in [3.05, 3.63) is 20.8 Å². The minimum Gasteiger partial charge on any atom is -0.348 e. The second-order valence-corrected chi connectivity index (χ2v) is 16.2. The van der Waals surface area contributed by atoms with Gasteiger partial charge in [0.05, 0.1) is 9.83 Å². The molecule has 1 amide bonds. The second-order valence-electron chi connectivity index (χ2n) is 13.7. The first kappa shape index (κ1) is 27.6. The maximum atomic E-state index is 13.6. The molecular formula is C31H44BrNO3S. The van der Waals surface area contributed by atoms with Crippen LogP contribution in [0.2, 0.25) is 0 Å². The minimum absolute atomic E-state index is 0.0364. The Hall–Kier alpha value is -1.01. The third kappa shape index (κ3) is 4.81. The summed E-state index contributed by atoms with van der Waals surface area (Å²) in [6, 6.07) is 4.20. The molecule has 4 nitrogen and oxygen atoms in total. The van der Waals surface area contributed by atoms with Gasteiger partial charge in [0.15, 0.2) is 0 Å². The SMILES string of the molecule is CC(C)[C@@H](NC(=O)C[C@@H](C)[C@H]1CC[C@H]2[C@@H]3C(=O)C[C@@H]4CC(=O)CC[C@]4(C)[C@H]3CC[C@]12C)c1ccc(Br)s1. The Morgan fingerprint density at radius 3 is 2.46 bits per heavy atom. The molecule has 9 atom stereocenters. The molecule has 4 saturated carbocycles. The maximum absolute atomic E-state index is 13.6. The van der Waals surface area contributed by atoms with E-state index in [0.717, 1.165) is 35.9 Å². The first-order valence-electron chi connectivity index (χ1n) is 14.5. The molecule has 1 aromatic heterocycles. The smallest absolute Gasteiger partial charge is 0.220 e. The summed E-state index contributed by atoms with van der Waals surface area (Å²) in [7, 11) is 0. The Kier molecular flexibility index (Phi) is 7.59. The standard InChI is InChI=1S/C31H44BrNO3S/c1-17(2)29(25-8-9-26(32)37-25)33-27(36)14-18(3)21-6-7-22-28-23(11-13-31(21,22)5)30(4)12-10-20(34)15-19(30)16-24(28)35/h8-9,17-19,21-23,28-29H,6-7,10-16H2,1-5H3,(H,33,36)/t18-,19+,21-,22+,23+,28+,29-,30+,31-/m1/s1. The van der Waals surface area contributed by atoms with Gasteiger partial charge in [-0.15, -0.1) is 11.3 Å². The van der Waals surface area contributed by atoms with E-state index in [-0.39, 0.29) is 34.6 Å². The van der Waals surface area contributed by atoms with Crippen LogP contribution in [0, 0.1) is 52.3 Å². The average molecular weight is 591 g/mol. The van der Waals surface area contributed by atoms with E-state index in [0.29, 0.717) is 66.8 Å². The van der Waals surface area contributed by atoms with Crippen molar-refractivity contribution in [3.63, 3.8) is 0 Å². The first-order valence-corrected chi connectivity index (χ1v) is 16.1. The van der Waals surface area contributed by atoms with E-state index in [4.69, 9.17) is 0 Å². The van der Waals surface area contributed by atoms with Gasteiger partial charge in [0, 0.05) is 36.5 Å². The number of carbonyl (C=O) groups is 3. The van der Waals surface area contributed by atoms with Crippen molar-refractivity contribution in [1.82, 2.24) is 5.32 Å². The number of nitrogens with one attached hydrogen (secondary N) is 1. The highest BCUT2D eigenvalue weighted by Crippen LogP contribution is 2.67. The predicted molar refractivity (Wildman–Crippen MR) is 152 cm³/mol. The fourth-order valence-electron chi connectivity index (χ4n) is 9.43. The molecule has 204 valence electrons. The Balaban J connectivity index is 1.28. The number of fused-ring (bicyclic) bond motifs is 5. The van der Waals surface area contributed by atoms with Crippen molar-refractivity contribution in [2.45, 2.75) is 98.4 Å². The van der Waals surface area contributed by atoms with Crippen molar-refractivity contribution < 1.29 is 14.4 Å². The van der Waals surface area contributed by atoms with E-state index in [1.165, 1.54) is 4.88 Å². The number of hydrogen-bond donors (Lipinski definition) is 1. The lowest BCUT2D eigenvalue weighted by atomic mass is 9.44. The van der Waals surface area contributed by atoms with Crippen LogP contribution in [0.1, 0.15) is 103 Å². The van der Waals surface area contributed by atoms with Crippen molar-refractivity contribution >= 4 is 44.7 Å². The van der Waals surface area contributed by atoms with Gasteiger partial charge in [-0.05, 0) is 107 Å². The van der Waals surface area contributed by atoms with Gasteiger partial charge in [-0.3, -0.25) is 14.4 Å². The number of hydrogen-bond acceptors (Lipinski definition) is 4. The molecule has 0 spiro atoms. The van der Waals surface area contributed by atoms with Gasteiger partial charge >= 0.3 is 0 Å². The topological polar surface area (TPSA) is 63.2 Å². The fraction of sp³-hybridized carbons (Fsp3) is 0.774. The molecule has 37 heavy (non-hydrogen) atoms. The van der Waals surface area contributed by atoms with Crippen LogP contribution in [0.3, 0.4) is 0 Å². The molecule has 1 heterocycles. The molecule has 4 aliphatic rings.